The van der Waals surface area contributed by atoms with E-state index in [9.17, 15) is 9.18 Å². The topological polar surface area (TPSA) is 36.1 Å². The van der Waals surface area contributed by atoms with Crippen LogP contribution in [0.15, 0.2) is 30.4 Å². The molecule has 1 atom stereocenters. The van der Waals surface area contributed by atoms with Crippen LogP contribution in [-0.4, -0.2) is 22.3 Å². The van der Waals surface area contributed by atoms with Gasteiger partial charge >= 0.3 is 0 Å². The molecule has 0 bridgehead atoms. The minimum Gasteiger partial charge on any atom is -0.358 e. The first-order valence-corrected chi connectivity index (χ1v) is 7.94. The Bertz CT molecular complexity index is 762. The normalized spacial score (nSPS) is 20.6. The Morgan fingerprint density at radius 1 is 1.41 bits per heavy atom. The smallest absolute Gasteiger partial charge is 0.223 e. The van der Waals surface area contributed by atoms with Crippen molar-refractivity contribution in [3.8, 4) is 0 Å². The molecule has 2 aliphatic rings. The van der Waals surface area contributed by atoms with E-state index >= 15 is 0 Å². The molecule has 1 amide bonds. The van der Waals surface area contributed by atoms with E-state index in [4.69, 9.17) is 0 Å². The Hall–Kier alpha value is -2.10. The summed E-state index contributed by atoms with van der Waals surface area (Å²) in [6.07, 6.45) is 7.91. The first kappa shape index (κ1) is 13.6. The highest BCUT2D eigenvalue weighted by molar-refractivity contribution is 5.86. The summed E-state index contributed by atoms with van der Waals surface area (Å²) in [5, 5.41) is 0.910. The second kappa shape index (κ2) is 5.27. The number of aromatic nitrogens is 1. The Labute approximate surface area is 128 Å². The van der Waals surface area contributed by atoms with Gasteiger partial charge in [0.2, 0.25) is 5.91 Å². The third-order valence-corrected chi connectivity index (χ3v) is 4.84. The van der Waals surface area contributed by atoms with E-state index in [0.29, 0.717) is 18.9 Å². The molecule has 0 saturated heterocycles. The molecule has 4 rings (SSSR count). The fourth-order valence-electron chi connectivity index (χ4n) is 3.62. The molecular weight excluding hydrogens is 279 g/mol. The molecule has 0 saturated carbocycles. The van der Waals surface area contributed by atoms with E-state index in [1.165, 1.54) is 6.07 Å². The first-order valence-electron chi connectivity index (χ1n) is 7.94. The lowest BCUT2D eigenvalue weighted by Gasteiger charge is -2.28. The Morgan fingerprint density at radius 2 is 2.32 bits per heavy atom. The fourth-order valence-corrected chi connectivity index (χ4v) is 3.62. The molecule has 1 N–H and O–H groups in total. The molecule has 1 aliphatic heterocycles. The van der Waals surface area contributed by atoms with E-state index in [1.54, 1.807) is 12.1 Å². The van der Waals surface area contributed by atoms with Crippen molar-refractivity contribution in [2.45, 2.75) is 32.2 Å². The lowest BCUT2D eigenvalue weighted by Crippen LogP contribution is -2.36. The number of nitrogens with zero attached hydrogens (tertiary/aromatic N) is 1. The number of benzene rings is 1. The summed E-state index contributed by atoms with van der Waals surface area (Å²) < 4.78 is 13.5. The minimum absolute atomic E-state index is 0.216. The summed E-state index contributed by atoms with van der Waals surface area (Å²) in [6.45, 7) is 1.34. The maximum Gasteiger partial charge on any atom is 0.223 e. The van der Waals surface area contributed by atoms with Gasteiger partial charge in [-0.15, -0.1) is 0 Å². The maximum absolute atomic E-state index is 13.5. The molecule has 0 radical (unpaired) electrons. The van der Waals surface area contributed by atoms with Crippen LogP contribution in [0.4, 0.5) is 4.39 Å². The summed E-state index contributed by atoms with van der Waals surface area (Å²) in [4.78, 5) is 17.8. The third-order valence-electron chi connectivity index (χ3n) is 4.84. The van der Waals surface area contributed by atoms with E-state index in [2.05, 4.69) is 17.1 Å². The lowest BCUT2D eigenvalue weighted by atomic mass is 10.0. The Morgan fingerprint density at radius 3 is 3.14 bits per heavy atom. The van der Waals surface area contributed by atoms with Crippen molar-refractivity contribution in [2.75, 3.05) is 6.54 Å². The molecule has 1 aliphatic carbocycles. The zero-order chi connectivity index (χ0) is 15.1. The van der Waals surface area contributed by atoms with Crippen LogP contribution in [0, 0.1) is 11.7 Å². The molecule has 1 aromatic carbocycles. The summed E-state index contributed by atoms with van der Waals surface area (Å²) in [7, 11) is 0. The third kappa shape index (κ3) is 2.32. The minimum atomic E-state index is -0.228. The SMILES string of the molecule is O=C(C[C@@H]1C=CCC1)N1CCc2[nH]c3ccc(F)cc3c2C1. The van der Waals surface area contributed by atoms with Gasteiger partial charge in [-0.05, 0) is 37.0 Å². The molecule has 2 aromatic rings. The van der Waals surface area contributed by atoms with E-state index in [-0.39, 0.29) is 11.7 Å². The number of allylic oxidation sites excluding steroid dienone is 2. The molecule has 22 heavy (non-hydrogen) atoms. The van der Waals surface area contributed by atoms with Crippen molar-refractivity contribution in [2.24, 2.45) is 5.92 Å². The molecule has 4 heteroatoms. The lowest BCUT2D eigenvalue weighted by molar-refractivity contribution is -0.132. The summed E-state index contributed by atoms with van der Waals surface area (Å²) in [5.41, 5.74) is 3.18. The van der Waals surface area contributed by atoms with Gasteiger partial charge in [-0.1, -0.05) is 12.2 Å². The van der Waals surface area contributed by atoms with Crippen molar-refractivity contribution in [1.82, 2.24) is 9.88 Å². The number of amides is 1. The average Bonchev–Trinajstić information content (AvgIpc) is 3.14. The van der Waals surface area contributed by atoms with Crippen molar-refractivity contribution >= 4 is 16.8 Å². The van der Waals surface area contributed by atoms with Crippen LogP contribution < -0.4 is 0 Å². The van der Waals surface area contributed by atoms with Crippen LogP contribution in [0.5, 0.6) is 0 Å². The largest absolute Gasteiger partial charge is 0.358 e. The van der Waals surface area contributed by atoms with Crippen LogP contribution in [0.1, 0.15) is 30.5 Å². The molecule has 0 unspecified atom stereocenters. The van der Waals surface area contributed by atoms with Crippen molar-refractivity contribution < 1.29 is 9.18 Å². The predicted octanol–water partition coefficient (Wildman–Crippen LogP) is 3.55. The Balaban J connectivity index is 1.57. The molecule has 2 heterocycles. The number of hydrogen-bond acceptors (Lipinski definition) is 1. The summed E-state index contributed by atoms with van der Waals surface area (Å²) >= 11 is 0. The molecular formula is C18H19FN2O. The number of fused-ring (bicyclic) bond motifs is 3. The summed E-state index contributed by atoms with van der Waals surface area (Å²) in [6, 6.07) is 4.82. The maximum atomic E-state index is 13.5. The molecule has 114 valence electrons. The number of aromatic amines is 1. The second-order valence-electron chi connectivity index (χ2n) is 6.31. The standard InChI is InChI=1S/C18H19FN2O/c19-13-5-6-16-14(10-13)15-11-21(8-7-17(15)20-16)18(22)9-12-3-1-2-4-12/h1,3,5-6,10,12,20H,2,4,7-9,11H2/t12-/m1/s1. The molecule has 3 nitrogen and oxygen atoms in total. The van der Waals surface area contributed by atoms with Gasteiger partial charge in [0.25, 0.3) is 0 Å². The van der Waals surface area contributed by atoms with Crippen molar-refractivity contribution in [1.29, 1.82) is 0 Å². The molecule has 1 aromatic heterocycles. The van der Waals surface area contributed by atoms with Crippen LogP contribution in [0.2, 0.25) is 0 Å². The number of hydrogen-bond donors (Lipinski definition) is 1. The fraction of sp³-hybridized carbons (Fsp3) is 0.389. The number of H-pyrrole nitrogens is 1. The van der Waals surface area contributed by atoms with Gasteiger partial charge in [0.15, 0.2) is 0 Å². The van der Waals surface area contributed by atoms with Crippen molar-refractivity contribution in [3.05, 3.63) is 47.4 Å². The van der Waals surface area contributed by atoms with Gasteiger partial charge in [-0.3, -0.25) is 4.79 Å². The predicted molar refractivity (Wildman–Crippen MR) is 83.9 cm³/mol. The van der Waals surface area contributed by atoms with Gasteiger partial charge in [0.1, 0.15) is 5.82 Å². The highest BCUT2D eigenvalue weighted by Gasteiger charge is 2.25. The second-order valence-corrected chi connectivity index (χ2v) is 6.31. The highest BCUT2D eigenvalue weighted by atomic mass is 19.1. The first-order chi connectivity index (χ1) is 10.7. The van der Waals surface area contributed by atoms with Crippen LogP contribution in [0.3, 0.4) is 0 Å². The van der Waals surface area contributed by atoms with E-state index < -0.39 is 0 Å². The van der Waals surface area contributed by atoms with Gasteiger partial charge < -0.3 is 9.88 Å². The highest BCUT2D eigenvalue weighted by Crippen LogP contribution is 2.29. The van der Waals surface area contributed by atoms with Gasteiger partial charge in [-0.2, -0.15) is 0 Å². The quantitative estimate of drug-likeness (QED) is 0.846. The monoisotopic (exact) mass is 298 g/mol. The zero-order valence-corrected chi connectivity index (χ0v) is 12.4. The number of carbonyl (C=O) groups excluding carboxylic acids is 1. The molecule has 0 spiro atoms. The average molecular weight is 298 g/mol. The number of carbonyl (C=O) groups is 1. The van der Waals surface area contributed by atoms with Gasteiger partial charge in [0, 0.05) is 48.1 Å². The van der Waals surface area contributed by atoms with Crippen LogP contribution in [0.25, 0.3) is 10.9 Å². The number of nitrogens with one attached hydrogen (secondary N) is 1. The van der Waals surface area contributed by atoms with Crippen LogP contribution >= 0.6 is 0 Å². The summed E-state index contributed by atoms with van der Waals surface area (Å²) in [5.74, 6) is 0.385. The molecule has 0 fully saturated rings. The zero-order valence-electron chi connectivity index (χ0n) is 12.4. The Kier molecular flexibility index (Phi) is 3.25. The van der Waals surface area contributed by atoms with Gasteiger partial charge in [-0.25, -0.2) is 4.39 Å². The number of halogens is 1. The van der Waals surface area contributed by atoms with Crippen molar-refractivity contribution in [3.63, 3.8) is 0 Å². The van der Waals surface area contributed by atoms with E-state index in [0.717, 1.165) is 48.0 Å². The van der Waals surface area contributed by atoms with Crippen LogP contribution in [-0.2, 0) is 17.8 Å². The van der Waals surface area contributed by atoms with E-state index in [1.807, 2.05) is 4.90 Å². The number of rotatable bonds is 2. The van der Waals surface area contributed by atoms with Gasteiger partial charge in [0.05, 0.1) is 0 Å².